The molecule has 72 valence electrons. The highest BCUT2D eigenvalue weighted by atomic mass is 28.4. The fourth-order valence-corrected chi connectivity index (χ4v) is 4.91. The van der Waals surface area contributed by atoms with Gasteiger partial charge in [0, 0.05) is 7.11 Å². The Labute approximate surface area is 74.9 Å². The molecule has 0 aliphatic carbocycles. The van der Waals surface area contributed by atoms with Gasteiger partial charge in [-0.1, -0.05) is 14.9 Å². The first-order valence-electron chi connectivity index (χ1n) is 3.16. The van der Waals surface area contributed by atoms with Crippen LogP contribution in [0.15, 0.2) is 0 Å². The van der Waals surface area contributed by atoms with E-state index in [0.29, 0.717) is 0 Å². The summed E-state index contributed by atoms with van der Waals surface area (Å²) >= 11 is 0. The molecule has 0 spiro atoms. The highest BCUT2D eigenvalue weighted by Gasteiger charge is 2.18. The quantitative estimate of drug-likeness (QED) is 0.646. The maximum absolute atomic E-state index is 5.64. The molecule has 0 heterocycles. The topological polar surface area (TPSA) is 18.5 Å². The molecule has 11 heavy (non-hydrogen) atoms. The third-order valence-electron chi connectivity index (χ3n) is 0.851. The summed E-state index contributed by atoms with van der Waals surface area (Å²) in [6.07, 6.45) is 0. The average Bonchev–Trinajstić information content (AvgIpc) is 1.62. The zero-order valence-corrected chi connectivity index (χ0v) is 9.05. The summed E-state index contributed by atoms with van der Waals surface area (Å²) in [4.78, 5) is 0. The molecule has 2 nitrogen and oxygen atoms in total. The van der Waals surface area contributed by atoms with E-state index in [-0.39, 0.29) is 14.9 Å². The lowest BCUT2D eigenvalue weighted by molar-refractivity contribution is 0.340. The molecule has 0 bridgehead atoms. The first-order valence-corrected chi connectivity index (χ1v) is 8.67. The molecule has 0 fully saturated rings. The average molecular weight is 196 g/mol. The molecule has 0 aliphatic heterocycles. The van der Waals surface area contributed by atoms with Crippen LogP contribution in [0.1, 0.15) is 14.9 Å². The van der Waals surface area contributed by atoms with Gasteiger partial charge in [-0.15, -0.1) is 0 Å². The van der Waals surface area contributed by atoms with E-state index in [1.54, 1.807) is 7.11 Å². The van der Waals surface area contributed by atoms with E-state index in [4.69, 9.17) is 8.54 Å². The van der Waals surface area contributed by atoms with E-state index in [1.807, 2.05) is 0 Å². The van der Waals surface area contributed by atoms with Crippen molar-refractivity contribution in [2.45, 2.75) is 41.0 Å². The second-order valence-corrected chi connectivity index (χ2v) is 9.81. The summed E-state index contributed by atoms with van der Waals surface area (Å²) in [6, 6.07) is 0. The zero-order valence-electron chi connectivity index (χ0n) is 6.89. The van der Waals surface area contributed by atoms with E-state index in [9.17, 15) is 0 Å². The minimum absolute atomic E-state index is 0. The molecule has 0 amide bonds. The third kappa shape index (κ3) is 13.4. The molecule has 0 N–H and O–H groups in total. The van der Waals surface area contributed by atoms with Crippen molar-refractivity contribution in [1.82, 2.24) is 0 Å². The Hall–Kier alpha value is 0.354. The van der Waals surface area contributed by atoms with Crippen LogP contribution in [0, 0.1) is 0 Å². The Morgan fingerprint density at radius 3 is 1.55 bits per heavy atom. The summed E-state index contributed by atoms with van der Waals surface area (Å²) < 4.78 is 10.7. The van der Waals surface area contributed by atoms with E-state index in [2.05, 4.69) is 26.2 Å². The largest absolute Gasteiger partial charge is 0.438 e. The standard InChI is InChI=1S/C5H16O2Si2.2CH4/c1-6-8(2)7-9(3,4)5;;/h8H,1-5H3;2*1H4. The predicted molar refractivity (Wildman–Crippen MR) is 57.9 cm³/mol. The smallest absolute Gasteiger partial charge is 0.307 e. The molecule has 0 aliphatic rings. The molecule has 0 aromatic rings. The molecule has 0 aromatic heterocycles. The van der Waals surface area contributed by atoms with Crippen molar-refractivity contribution in [3.05, 3.63) is 0 Å². The van der Waals surface area contributed by atoms with E-state index in [1.165, 1.54) is 0 Å². The fourth-order valence-electron chi connectivity index (χ4n) is 0.546. The van der Waals surface area contributed by atoms with Gasteiger partial charge in [0.25, 0.3) is 0 Å². The second kappa shape index (κ2) is 7.03. The molecular weight excluding hydrogens is 172 g/mol. The van der Waals surface area contributed by atoms with Gasteiger partial charge in [0.05, 0.1) is 0 Å². The highest BCUT2D eigenvalue weighted by molar-refractivity contribution is 6.75. The van der Waals surface area contributed by atoms with Crippen LogP contribution in [-0.4, -0.2) is 24.7 Å². The van der Waals surface area contributed by atoms with Crippen molar-refractivity contribution in [2.24, 2.45) is 0 Å². The summed E-state index contributed by atoms with van der Waals surface area (Å²) in [5.74, 6) is 0. The van der Waals surface area contributed by atoms with Gasteiger partial charge < -0.3 is 8.54 Å². The van der Waals surface area contributed by atoms with Crippen molar-refractivity contribution >= 4 is 17.6 Å². The molecule has 0 saturated carbocycles. The first-order chi connectivity index (χ1) is 3.95. The minimum Gasteiger partial charge on any atom is -0.438 e. The first kappa shape index (κ1) is 17.4. The van der Waals surface area contributed by atoms with Crippen LogP contribution in [0.4, 0.5) is 0 Å². The van der Waals surface area contributed by atoms with E-state index < -0.39 is 17.6 Å². The van der Waals surface area contributed by atoms with E-state index >= 15 is 0 Å². The van der Waals surface area contributed by atoms with Crippen LogP contribution in [0.5, 0.6) is 0 Å². The Bertz CT molecular complexity index is 81.0. The third-order valence-corrected chi connectivity index (χ3v) is 5.67. The van der Waals surface area contributed by atoms with Gasteiger partial charge in [-0.25, -0.2) is 0 Å². The van der Waals surface area contributed by atoms with Crippen molar-refractivity contribution in [2.75, 3.05) is 7.11 Å². The molecule has 0 rings (SSSR count). The monoisotopic (exact) mass is 196 g/mol. The van der Waals surface area contributed by atoms with Crippen LogP contribution in [-0.2, 0) is 8.54 Å². The molecule has 0 aromatic carbocycles. The Morgan fingerprint density at radius 2 is 1.45 bits per heavy atom. The van der Waals surface area contributed by atoms with Crippen molar-refractivity contribution < 1.29 is 8.54 Å². The van der Waals surface area contributed by atoms with Gasteiger partial charge in [0.1, 0.15) is 0 Å². The maximum Gasteiger partial charge on any atom is 0.307 e. The normalized spacial score (nSPS) is 12.8. The fraction of sp³-hybridized carbons (Fsp3) is 1.00. The predicted octanol–water partition coefficient (Wildman–Crippen LogP) is 2.61. The molecule has 1 atom stereocenters. The van der Waals surface area contributed by atoms with Crippen LogP contribution < -0.4 is 0 Å². The van der Waals surface area contributed by atoms with Crippen LogP contribution >= 0.6 is 0 Å². The number of hydrogen-bond acceptors (Lipinski definition) is 2. The highest BCUT2D eigenvalue weighted by Crippen LogP contribution is 2.04. The Morgan fingerprint density at radius 1 is 1.09 bits per heavy atom. The van der Waals surface area contributed by atoms with Crippen molar-refractivity contribution in [3.8, 4) is 0 Å². The van der Waals surface area contributed by atoms with Gasteiger partial charge in [-0.3, -0.25) is 0 Å². The van der Waals surface area contributed by atoms with Gasteiger partial charge in [-0.2, -0.15) is 0 Å². The Balaban J connectivity index is -0.000000320. The number of rotatable bonds is 3. The molecule has 0 saturated heterocycles. The molecule has 1 unspecified atom stereocenters. The van der Waals surface area contributed by atoms with Crippen molar-refractivity contribution in [1.29, 1.82) is 0 Å². The van der Waals surface area contributed by atoms with Crippen LogP contribution in [0.3, 0.4) is 0 Å². The van der Waals surface area contributed by atoms with Crippen LogP contribution in [0.25, 0.3) is 0 Å². The second-order valence-electron chi connectivity index (χ2n) is 3.03. The molecule has 4 heteroatoms. The summed E-state index contributed by atoms with van der Waals surface area (Å²) in [7, 11) is -0.830. The lowest BCUT2D eigenvalue weighted by atomic mass is 11.8. The van der Waals surface area contributed by atoms with Crippen LogP contribution in [0.2, 0.25) is 26.2 Å². The minimum atomic E-state index is -1.30. The van der Waals surface area contributed by atoms with Gasteiger partial charge >= 0.3 is 9.28 Å². The summed E-state index contributed by atoms with van der Waals surface area (Å²) in [6.45, 7) is 8.58. The molecular formula is C7H24O2Si2. The summed E-state index contributed by atoms with van der Waals surface area (Å²) in [5.41, 5.74) is 0. The Kier molecular flexibility index (Phi) is 11.1. The number of hydrogen-bond donors (Lipinski definition) is 0. The SMILES string of the molecule is C.C.CO[SiH](C)O[Si](C)(C)C. The zero-order chi connectivity index (χ0) is 7.49. The van der Waals surface area contributed by atoms with Crippen molar-refractivity contribution in [3.63, 3.8) is 0 Å². The molecule has 0 radical (unpaired) electrons. The van der Waals surface area contributed by atoms with Gasteiger partial charge in [-0.05, 0) is 26.2 Å². The lowest BCUT2D eigenvalue weighted by Crippen LogP contribution is -2.34. The maximum atomic E-state index is 5.64. The summed E-state index contributed by atoms with van der Waals surface area (Å²) in [5, 5.41) is 0. The lowest BCUT2D eigenvalue weighted by Gasteiger charge is -2.21. The van der Waals surface area contributed by atoms with Gasteiger partial charge in [0.15, 0.2) is 8.32 Å². The van der Waals surface area contributed by atoms with E-state index in [0.717, 1.165) is 0 Å². The van der Waals surface area contributed by atoms with Gasteiger partial charge in [0.2, 0.25) is 0 Å².